The van der Waals surface area contributed by atoms with E-state index in [1.165, 1.54) is 24.3 Å². The van der Waals surface area contributed by atoms with Crippen molar-refractivity contribution < 1.29 is 18.7 Å². The van der Waals surface area contributed by atoms with E-state index in [0.29, 0.717) is 31.7 Å². The first-order valence-corrected chi connectivity index (χ1v) is 12.1. The fourth-order valence-electron chi connectivity index (χ4n) is 4.37. The van der Waals surface area contributed by atoms with Crippen LogP contribution in [0, 0.1) is 5.82 Å². The first-order valence-electron chi connectivity index (χ1n) is 12.1. The molecule has 1 aliphatic carbocycles. The van der Waals surface area contributed by atoms with Crippen molar-refractivity contribution in [3.8, 4) is 17.0 Å². The molecule has 3 aromatic rings. The van der Waals surface area contributed by atoms with Gasteiger partial charge in [0.1, 0.15) is 18.1 Å². The summed E-state index contributed by atoms with van der Waals surface area (Å²) in [7, 11) is 1.63. The van der Waals surface area contributed by atoms with Gasteiger partial charge >= 0.3 is 0 Å². The molecule has 0 unspecified atom stereocenters. The molecule has 1 saturated carbocycles. The summed E-state index contributed by atoms with van der Waals surface area (Å²) in [6, 6.07) is 17.1. The topological polar surface area (TPSA) is 78.9 Å². The summed E-state index contributed by atoms with van der Waals surface area (Å²) in [6.45, 7) is 2.39. The van der Waals surface area contributed by atoms with Gasteiger partial charge in [-0.2, -0.15) is 0 Å². The Kier molecular flexibility index (Phi) is 6.79. The van der Waals surface area contributed by atoms with Crippen LogP contribution < -0.4 is 9.64 Å². The van der Waals surface area contributed by atoms with E-state index in [-0.39, 0.29) is 24.4 Å². The van der Waals surface area contributed by atoms with Crippen molar-refractivity contribution in [3.63, 3.8) is 0 Å². The largest absolute Gasteiger partial charge is 0.497 e. The van der Waals surface area contributed by atoms with E-state index in [0.717, 1.165) is 35.7 Å². The van der Waals surface area contributed by atoms with Gasteiger partial charge in [-0.25, -0.2) is 4.39 Å². The van der Waals surface area contributed by atoms with Gasteiger partial charge in [0, 0.05) is 43.3 Å². The second-order valence-corrected chi connectivity index (χ2v) is 9.05. The van der Waals surface area contributed by atoms with Gasteiger partial charge in [0.2, 0.25) is 5.91 Å². The van der Waals surface area contributed by atoms with E-state index in [9.17, 15) is 14.0 Å². The summed E-state index contributed by atoms with van der Waals surface area (Å²) in [5, 5.41) is 8.78. The molecule has 2 amide bonds. The molecule has 0 atom stereocenters. The predicted octanol–water partition coefficient (Wildman–Crippen LogP) is 3.24. The smallest absolute Gasteiger partial charge is 0.254 e. The fourth-order valence-corrected chi connectivity index (χ4v) is 4.37. The molecule has 2 heterocycles. The van der Waals surface area contributed by atoms with Crippen LogP contribution in [0.4, 0.5) is 10.2 Å². The third kappa shape index (κ3) is 5.30. The van der Waals surface area contributed by atoms with Gasteiger partial charge in [-0.15, -0.1) is 10.2 Å². The summed E-state index contributed by atoms with van der Waals surface area (Å²) < 4.78 is 18.5. The summed E-state index contributed by atoms with van der Waals surface area (Å²) >= 11 is 0. The molecule has 0 bridgehead atoms. The van der Waals surface area contributed by atoms with Crippen LogP contribution in [-0.2, 0) is 4.79 Å². The number of piperazine rings is 1. The maximum Gasteiger partial charge on any atom is 0.254 e. The highest BCUT2D eigenvalue weighted by Gasteiger charge is 2.35. The van der Waals surface area contributed by atoms with Crippen LogP contribution in [0.3, 0.4) is 0 Å². The molecule has 0 spiro atoms. The van der Waals surface area contributed by atoms with E-state index in [1.54, 1.807) is 16.9 Å². The lowest BCUT2D eigenvalue weighted by molar-refractivity contribution is -0.132. The Morgan fingerprint density at radius 2 is 1.75 bits per heavy atom. The Hall–Kier alpha value is -4.01. The maximum absolute atomic E-state index is 13.3. The average Bonchev–Trinajstić information content (AvgIpc) is 3.77. The Balaban J connectivity index is 1.17. The molecule has 2 fully saturated rings. The number of nitrogens with zero attached hydrogens (tertiary/aromatic N) is 5. The Labute approximate surface area is 209 Å². The number of rotatable bonds is 7. The fraction of sp³-hybridized carbons (Fsp3) is 0.333. The third-order valence-electron chi connectivity index (χ3n) is 6.62. The second-order valence-electron chi connectivity index (χ2n) is 9.05. The number of halogens is 1. The molecule has 0 radical (unpaired) electrons. The number of carbonyl (C=O) groups excluding carboxylic acids is 2. The molecule has 2 aliphatic rings. The number of aromatic nitrogens is 2. The molecule has 186 valence electrons. The zero-order valence-corrected chi connectivity index (χ0v) is 20.1. The van der Waals surface area contributed by atoms with E-state index in [1.807, 2.05) is 36.4 Å². The number of carbonyl (C=O) groups is 2. The molecule has 9 heteroatoms. The Bertz CT molecular complexity index is 1220. The van der Waals surface area contributed by atoms with Crippen LogP contribution >= 0.6 is 0 Å². The minimum atomic E-state index is -0.391. The van der Waals surface area contributed by atoms with Gasteiger partial charge in [0.15, 0.2) is 5.82 Å². The van der Waals surface area contributed by atoms with Crippen LogP contribution in [0.1, 0.15) is 23.2 Å². The molecule has 1 aromatic heterocycles. The van der Waals surface area contributed by atoms with Gasteiger partial charge in [-0.05, 0) is 61.4 Å². The number of hydrogen-bond acceptors (Lipinski definition) is 6. The predicted molar refractivity (Wildman–Crippen MR) is 133 cm³/mol. The highest BCUT2D eigenvalue weighted by Crippen LogP contribution is 2.29. The van der Waals surface area contributed by atoms with Gasteiger partial charge in [0.05, 0.1) is 12.8 Å². The molecule has 8 nitrogen and oxygen atoms in total. The van der Waals surface area contributed by atoms with Crippen molar-refractivity contribution in [1.82, 2.24) is 20.0 Å². The van der Waals surface area contributed by atoms with Crippen molar-refractivity contribution in [2.75, 3.05) is 44.7 Å². The van der Waals surface area contributed by atoms with Gasteiger partial charge in [-0.1, -0.05) is 12.1 Å². The van der Waals surface area contributed by atoms with Crippen LogP contribution in [-0.4, -0.2) is 77.7 Å². The number of amides is 2. The minimum absolute atomic E-state index is 0.0376. The summed E-state index contributed by atoms with van der Waals surface area (Å²) in [5.41, 5.74) is 2.09. The minimum Gasteiger partial charge on any atom is -0.497 e. The van der Waals surface area contributed by atoms with Crippen LogP contribution in [0.15, 0.2) is 60.7 Å². The normalized spacial score (nSPS) is 15.5. The van der Waals surface area contributed by atoms with Crippen molar-refractivity contribution in [3.05, 3.63) is 72.0 Å². The average molecular weight is 490 g/mol. The van der Waals surface area contributed by atoms with E-state index in [4.69, 9.17) is 4.74 Å². The quantitative estimate of drug-likeness (QED) is 0.507. The van der Waals surface area contributed by atoms with Crippen molar-refractivity contribution in [1.29, 1.82) is 0 Å². The monoisotopic (exact) mass is 489 g/mol. The van der Waals surface area contributed by atoms with Gasteiger partial charge in [-0.3, -0.25) is 9.59 Å². The second kappa shape index (κ2) is 10.3. The third-order valence-corrected chi connectivity index (χ3v) is 6.62. The maximum atomic E-state index is 13.3. The number of hydrogen-bond donors (Lipinski definition) is 0. The molecular formula is C27H28FN5O3. The van der Waals surface area contributed by atoms with E-state index >= 15 is 0 Å². The first kappa shape index (κ1) is 23.7. The van der Waals surface area contributed by atoms with Gasteiger partial charge < -0.3 is 19.4 Å². The molecular weight excluding hydrogens is 461 g/mol. The zero-order chi connectivity index (χ0) is 25.1. The highest BCUT2D eigenvalue weighted by atomic mass is 19.1. The van der Waals surface area contributed by atoms with Gasteiger partial charge in [0.25, 0.3) is 5.91 Å². The van der Waals surface area contributed by atoms with Crippen molar-refractivity contribution in [2.24, 2.45) is 0 Å². The first-order chi connectivity index (χ1) is 17.5. The molecule has 1 saturated heterocycles. The summed E-state index contributed by atoms with van der Waals surface area (Å²) in [5.74, 6) is 0.837. The lowest BCUT2D eigenvalue weighted by atomic mass is 10.1. The van der Waals surface area contributed by atoms with Crippen molar-refractivity contribution >= 4 is 17.6 Å². The van der Waals surface area contributed by atoms with E-state index in [2.05, 4.69) is 15.1 Å². The van der Waals surface area contributed by atoms with Crippen LogP contribution in [0.2, 0.25) is 0 Å². The molecule has 1 aliphatic heterocycles. The number of anilines is 1. The Morgan fingerprint density at radius 1 is 1.00 bits per heavy atom. The standard InChI is InChI=1S/C27H28FN5O3/c1-36-23-4-2-3-20(17-23)24-11-12-25(30-29-24)31-13-15-32(16-14-31)26(34)18-33(22-9-10-22)27(35)19-5-7-21(28)8-6-19/h2-8,11-12,17,22H,9-10,13-16,18H2,1H3. The number of methoxy groups -OCH3 is 1. The van der Waals surface area contributed by atoms with Crippen molar-refractivity contribution in [2.45, 2.75) is 18.9 Å². The number of ether oxygens (including phenoxy) is 1. The lowest BCUT2D eigenvalue weighted by Crippen LogP contribution is -2.52. The molecule has 2 aromatic carbocycles. The summed E-state index contributed by atoms with van der Waals surface area (Å²) in [4.78, 5) is 31.5. The molecule has 0 N–H and O–H groups in total. The van der Waals surface area contributed by atoms with E-state index < -0.39 is 5.82 Å². The zero-order valence-electron chi connectivity index (χ0n) is 20.1. The number of benzene rings is 2. The summed E-state index contributed by atoms with van der Waals surface area (Å²) in [6.07, 6.45) is 1.77. The van der Waals surface area contributed by atoms with Crippen LogP contribution in [0.5, 0.6) is 5.75 Å². The SMILES string of the molecule is COc1cccc(-c2ccc(N3CCN(C(=O)CN(C(=O)c4ccc(F)cc4)C4CC4)CC3)nn2)c1. The molecule has 36 heavy (non-hydrogen) atoms. The van der Waals surface area contributed by atoms with Crippen LogP contribution in [0.25, 0.3) is 11.3 Å². The lowest BCUT2D eigenvalue weighted by Gasteiger charge is -2.36. The highest BCUT2D eigenvalue weighted by molar-refractivity contribution is 5.97. The Morgan fingerprint density at radius 3 is 2.39 bits per heavy atom. The molecule has 5 rings (SSSR count).